The topological polar surface area (TPSA) is 71.1 Å². The number of hydrogen-bond acceptors (Lipinski definition) is 3. The van der Waals surface area contributed by atoms with E-state index in [1.807, 2.05) is 32.0 Å². The fourth-order valence-electron chi connectivity index (χ4n) is 2.63. The van der Waals surface area contributed by atoms with E-state index in [0.717, 1.165) is 11.1 Å². The molecule has 0 saturated carbocycles. The lowest BCUT2D eigenvalue weighted by Gasteiger charge is -2.11. The highest BCUT2D eigenvalue weighted by atomic mass is 19.1. The van der Waals surface area contributed by atoms with Gasteiger partial charge >= 0.3 is 0 Å². The van der Waals surface area contributed by atoms with E-state index >= 15 is 0 Å². The highest BCUT2D eigenvalue weighted by Gasteiger charge is 2.15. The van der Waals surface area contributed by atoms with Crippen LogP contribution >= 0.6 is 0 Å². The van der Waals surface area contributed by atoms with Gasteiger partial charge in [-0.05, 0) is 49.2 Å². The number of amides is 2. The van der Waals surface area contributed by atoms with Crippen molar-refractivity contribution < 1.29 is 14.0 Å². The van der Waals surface area contributed by atoms with E-state index in [-0.39, 0.29) is 17.1 Å². The smallest absolute Gasteiger partial charge is 0.274 e. The first kappa shape index (κ1) is 18.3. The molecule has 0 radical (unpaired) electrons. The van der Waals surface area contributed by atoms with Gasteiger partial charge in [0.25, 0.3) is 11.8 Å². The maximum Gasteiger partial charge on any atom is 0.274 e. The Morgan fingerprint density at radius 2 is 1.33 bits per heavy atom. The summed E-state index contributed by atoms with van der Waals surface area (Å²) in [4.78, 5) is 29.0. The number of aryl methyl sites for hydroxylation is 2. The van der Waals surface area contributed by atoms with E-state index in [9.17, 15) is 14.0 Å². The van der Waals surface area contributed by atoms with Gasteiger partial charge < -0.3 is 10.6 Å². The van der Waals surface area contributed by atoms with Crippen molar-refractivity contribution >= 4 is 23.2 Å². The van der Waals surface area contributed by atoms with Crippen LogP contribution in [-0.2, 0) is 0 Å². The van der Waals surface area contributed by atoms with Crippen LogP contribution in [0.1, 0.15) is 32.1 Å². The van der Waals surface area contributed by atoms with Gasteiger partial charge in [0.2, 0.25) is 0 Å². The molecule has 0 bridgehead atoms. The van der Waals surface area contributed by atoms with Gasteiger partial charge in [0, 0.05) is 5.69 Å². The number of rotatable bonds is 4. The Morgan fingerprint density at radius 1 is 0.778 bits per heavy atom. The molecule has 1 heterocycles. The molecule has 5 nitrogen and oxygen atoms in total. The minimum absolute atomic E-state index is 0.0207. The van der Waals surface area contributed by atoms with Crippen LogP contribution in [0.4, 0.5) is 15.8 Å². The molecular formula is C21H18FN3O2. The third-order valence-electron chi connectivity index (χ3n) is 4.06. The second kappa shape index (κ2) is 7.78. The lowest BCUT2D eigenvalue weighted by atomic mass is 10.1. The molecule has 0 atom stereocenters. The number of hydrogen-bond donors (Lipinski definition) is 2. The van der Waals surface area contributed by atoms with Crippen LogP contribution < -0.4 is 10.6 Å². The molecule has 3 rings (SSSR count). The standard InChI is InChI=1S/C21H18FN3O2/c1-13-7-5-8-14(2)19(13)25-21(27)18-12-6-11-17(23-18)20(26)24-16-10-4-3-9-15(16)22/h3-12H,1-2H3,(H,24,26)(H,25,27). The molecule has 0 fully saturated rings. The third-order valence-corrected chi connectivity index (χ3v) is 4.06. The van der Waals surface area contributed by atoms with Gasteiger partial charge in [0.05, 0.1) is 5.69 Å². The number of aromatic nitrogens is 1. The number of anilines is 2. The maximum absolute atomic E-state index is 13.7. The molecule has 2 aromatic carbocycles. The van der Waals surface area contributed by atoms with Gasteiger partial charge in [-0.25, -0.2) is 9.37 Å². The van der Waals surface area contributed by atoms with Crippen molar-refractivity contribution in [3.63, 3.8) is 0 Å². The molecule has 2 amide bonds. The maximum atomic E-state index is 13.7. The number of benzene rings is 2. The Kier molecular flexibility index (Phi) is 5.26. The molecule has 0 aliphatic rings. The van der Waals surface area contributed by atoms with Crippen molar-refractivity contribution in [3.8, 4) is 0 Å². The molecule has 27 heavy (non-hydrogen) atoms. The fourth-order valence-corrected chi connectivity index (χ4v) is 2.63. The van der Waals surface area contributed by atoms with E-state index in [0.29, 0.717) is 5.69 Å². The zero-order valence-electron chi connectivity index (χ0n) is 14.9. The Labute approximate surface area is 156 Å². The summed E-state index contributed by atoms with van der Waals surface area (Å²) in [7, 11) is 0. The summed E-state index contributed by atoms with van der Waals surface area (Å²) in [5.74, 6) is -1.57. The van der Waals surface area contributed by atoms with Gasteiger partial charge in [-0.15, -0.1) is 0 Å². The van der Waals surface area contributed by atoms with Crippen molar-refractivity contribution in [1.29, 1.82) is 0 Å². The second-order valence-corrected chi connectivity index (χ2v) is 6.06. The summed E-state index contributed by atoms with van der Waals surface area (Å²) < 4.78 is 13.7. The van der Waals surface area contributed by atoms with Crippen LogP contribution in [-0.4, -0.2) is 16.8 Å². The third kappa shape index (κ3) is 4.17. The zero-order chi connectivity index (χ0) is 19.4. The molecule has 0 saturated heterocycles. The van der Waals surface area contributed by atoms with E-state index in [4.69, 9.17) is 0 Å². The van der Waals surface area contributed by atoms with Crippen LogP contribution in [0.5, 0.6) is 0 Å². The fraction of sp³-hybridized carbons (Fsp3) is 0.0952. The van der Waals surface area contributed by atoms with Crippen molar-refractivity contribution in [2.45, 2.75) is 13.8 Å². The highest BCUT2D eigenvalue weighted by Crippen LogP contribution is 2.20. The number of carbonyl (C=O) groups is 2. The van der Waals surface area contributed by atoms with E-state index in [2.05, 4.69) is 15.6 Å². The second-order valence-electron chi connectivity index (χ2n) is 6.06. The Hall–Kier alpha value is -3.54. The van der Waals surface area contributed by atoms with Gasteiger partial charge in [0.15, 0.2) is 0 Å². The average Bonchev–Trinajstić information content (AvgIpc) is 2.66. The lowest BCUT2D eigenvalue weighted by Crippen LogP contribution is -2.19. The first-order valence-electron chi connectivity index (χ1n) is 8.36. The molecule has 6 heteroatoms. The molecule has 0 aliphatic heterocycles. The van der Waals surface area contributed by atoms with E-state index < -0.39 is 17.6 Å². The normalized spacial score (nSPS) is 10.3. The Bertz CT molecular complexity index is 998. The number of pyridine rings is 1. The quantitative estimate of drug-likeness (QED) is 0.724. The van der Waals surface area contributed by atoms with Crippen LogP contribution in [0.3, 0.4) is 0 Å². The molecule has 0 aliphatic carbocycles. The van der Waals surface area contributed by atoms with Gasteiger partial charge in [0.1, 0.15) is 17.2 Å². The minimum Gasteiger partial charge on any atom is -0.320 e. The summed E-state index contributed by atoms with van der Waals surface area (Å²) in [6.45, 7) is 3.79. The molecule has 3 aromatic rings. The highest BCUT2D eigenvalue weighted by molar-refractivity contribution is 6.06. The SMILES string of the molecule is Cc1cccc(C)c1NC(=O)c1cccc(C(=O)Nc2ccccc2F)n1. The lowest BCUT2D eigenvalue weighted by molar-refractivity contribution is 0.101. The molecule has 136 valence electrons. The van der Waals surface area contributed by atoms with Crippen LogP contribution in [0.15, 0.2) is 60.7 Å². The number of para-hydroxylation sites is 2. The molecular weight excluding hydrogens is 345 g/mol. The summed E-state index contributed by atoms with van der Waals surface area (Å²) in [6, 6.07) is 16.1. The Balaban J connectivity index is 1.80. The zero-order valence-corrected chi connectivity index (χ0v) is 14.9. The van der Waals surface area contributed by atoms with Gasteiger partial charge in [-0.2, -0.15) is 0 Å². The first-order valence-corrected chi connectivity index (χ1v) is 8.36. The minimum atomic E-state index is -0.596. The number of nitrogens with one attached hydrogen (secondary N) is 2. The Morgan fingerprint density at radius 3 is 1.96 bits per heavy atom. The number of carbonyl (C=O) groups excluding carboxylic acids is 2. The van der Waals surface area contributed by atoms with Crippen molar-refractivity contribution in [2.75, 3.05) is 10.6 Å². The number of halogens is 1. The van der Waals surface area contributed by atoms with Crippen molar-refractivity contribution in [2.24, 2.45) is 0 Å². The van der Waals surface area contributed by atoms with Gasteiger partial charge in [-0.3, -0.25) is 9.59 Å². The molecule has 0 spiro atoms. The van der Waals surface area contributed by atoms with Crippen LogP contribution in [0.2, 0.25) is 0 Å². The predicted octanol–water partition coefficient (Wildman–Crippen LogP) is 4.34. The molecule has 1 aromatic heterocycles. The summed E-state index contributed by atoms with van der Waals surface area (Å²) in [5, 5.41) is 5.28. The molecule has 2 N–H and O–H groups in total. The summed E-state index contributed by atoms with van der Waals surface area (Å²) in [6.07, 6.45) is 0. The van der Waals surface area contributed by atoms with Crippen molar-refractivity contribution in [3.05, 3.63) is 89.0 Å². The summed E-state index contributed by atoms with van der Waals surface area (Å²) in [5.41, 5.74) is 2.74. The monoisotopic (exact) mass is 363 g/mol. The van der Waals surface area contributed by atoms with E-state index in [1.165, 1.54) is 30.3 Å². The largest absolute Gasteiger partial charge is 0.320 e. The van der Waals surface area contributed by atoms with Crippen molar-refractivity contribution in [1.82, 2.24) is 4.98 Å². The summed E-state index contributed by atoms with van der Waals surface area (Å²) >= 11 is 0. The molecule has 0 unspecified atom stereocenters. The number of nitrogens with zero attached hydrogens (tertiary/aromatic N) is 1. The van der Waals surface area contributed by atoms with Crippen LogP contribution in [0, 0.1) is 19.7 Å². The van der Waals surface area contributed by atoms with E-state index in [1.54, 1.807) is 12.1 Å². The average molecular weight is 363 g/mol. The van der Waals surface area contributed by atoms with Gasteiger partial charge in [-0.1, -0.05) is 36.4 Å². The predicted molar refractivity (Wildman–Crippen MR) is 102 cm³/mol. The first-order chi connectivity index (χ1) is 13.0. The van der Waals surface area contributed by atoms with Crippen LogP contribution in [0.25, 0.3) is 0 Å².